The van der Waals surface area contributed by atoms with Crippen molar-refractivity contribution in [1.82, 2.24) is 9.88 Å². The van der Waals surface area contributed by atoms with Gasteiger partial charge in [0.25, 0.3) is 0 Å². The van der Waals surface area contributed by atoms with Crippen LogP contribution in [-0.2, 0) is 0 Å². The molecular formula is C19H20BrN3OS. The average molecular weight is 418 g/mol. The summed E-state index contributed by atoms with van der Waals surface area (Å²) < 4.78 is 0.732. The Balaban J connectivity index is 1.86. The second-order valence-corrected chi connectivity index (χ2v) is 8.36. The quantitative estimate of drug-likeness (QED) is 0.775. The van der Waals surface area contributed by atoms with E-state index in [0.717, 1.165) is 38.6 Å². The second kappa shape index (κ2) is 6.65. The molecule has 1 aromatic carbocycles. The molecule has 6 heteroatoms. The van der Waals surface area contributed by atoms with Gasteiger partial charge in [-0.25, -0.2) is 0 Å². The third-order valence-electron chi connectivity index (χ3n) is 4.89. The zero-order valence-corrected chi connectivity index (χ0v) is 16.6. The number of hydrogen-bond acceptors (Lipinski definition) is 5. The maximum absolute atomic E-state index is 10.8. The minimum absolute atomic E-state index is 0.0268. The lowest BCUT2D eigenvalue weighted by Crippen LogP contribution is -2.35. The first-order valence-corrected chi connectivity index (χ1v) is 10.3. The van der Waals surface area contributed by atoms with Crippen molar-refractivity contribution in [3.63, 3.8) is 0 Å². The van der Waals surface area contributed by atoms with Gasteiger partial charge < -0.3 is 10.0 Å². The Morgan fingerprint density at radius 1 is 1.36 bits per heavy atom. The minimum Gasteiger partial charge on any atom is -0.506 e. The number of phenols is 1. The van der Waals surface area contributed by atoms with Crippen LogP contribution in [0.4, 0.5) is 0 Å². The van der Waals surface area contributed by atoms with E-state index in [0.29, 0.717) is 11.8 Å². The third kappa shape index (κ3) is 2.85. The van der Waals surface area contributed by atoms with Crippen molar-refractivity contribution >= 4 is 32.9 Å². The third-order valence-corrected chi connectivity index (χ3v) is 6.62. The van der Waals surface area contributed by atoms with Gasteiger partial charge in [0.2, 0.25) is 0 Å². The van der Waals surface area contributed by atoms with E-state index in [-0.39, 0.29) is 12.1 Å². The lowest BCUT2D eigenvalue weighted by Gasteiger charge is -2.32. The number of aliphatic imine (C=N–C) groups is 1. The molecule has 0 amide bonds. The summed E-state index contributed by atoms with van der Waals surface area (Å²) in [5.74, 6) is 1.36. The predicted molar refractivity (Wildman–Crippen MR) is 106 cm³/mol. The standard InChI is InChI=1S/C19H20BrN3OS/c1-3-12-10-25-19-22-16(15-6-4-5-7-21-15)17(23(12)19)13-8-11(2)9-14(20)18(13)24/h4-9,12,16-17,24H,3,10H2,1-2H3/t12-,16+,17-/m1/s1. The molecule has 3 atom stereocenters. The lowest BCUT2D eigenvalue weighted by atomic mass is 9.93. The highest BCUT2D eigenvalue weighted by Gasteiger charge is 2.46. The Labute approximate surface area is 160 Å². The molecule has 4 nitrogen and oxygen atoms in total. The Bertz CT molecular complexity index is 827. The fourth-order valence-electron chi connectivity index (χ4n) is 3.67. The number of thioether (sulfide) groups is 1. The van der Waals surface area contributed by atoms with E-state index in [1.807, 2.05) is 42.2 Å². The highest BCUT2D eigenvalue weighted by molar-refractivity contribution is 9.10. The topological polar surface area (TPSA) is 48.7 Å². The minimum atomic E-state index is -0.0994. The number of benzene rings is 1. The second-order valence-electron chi connectivity index (χ2n) is 6.52. The molecular weight excluding hydrogens is 398 g/mol. The van der Waals surface area contributed by atoms with Crippen LogP contribution in [0, 0.1) is 6.92 Å². The van der Waals surface area contributed by atoms with Crippen LogP contribution in [0.1, 0.15) is 42.2 Å². The van der Waals surface area contributed by atoms with E-state index in [1.165, 1.54) is 0 Å². The molecule has 1 saturated heterocycles. The summed E-state index contributed by atoms with van der Waals surface area (Å²) in [4.78, 5) is 11.9. The van der Waals surface area contributed by atoms with E-state index in [1.54, 1.807) is 0 Å². The summed E-state index contributed by atoms with van der Waals surface area (Å²) >= 11 is 5.31. The van der Waals surface area contributed by atoms with Crippen molar-refractivity contribution in [1.29, 1.82) is 0 Å². The monoisotopic (exact) mass is 417 g/mol. The van der Waals surface area contributed by atoms with Crippen LogP contribution in [0.25, 0.3) is 0 Å². The van der Waals surface area contributed by atoms with Crippen molar-refractivity contribution in [3.8, 4) is 5.75 Å². The molecule has 4 rings (SSSR count). The SMILES string of the molecule is CC[C@@H]1CSC2=N[C@@H](c3ccccn3)[C@@H](c3cc(C)cc(Br)c3O)N21. The Hall–Kier alpha value is -1.53. The summed E-state index contributed by atoms with van der Waals surface area (Å²) in [6.07, 6.45) is 2.87. The first kappa shape index (κ1) is 16.9. The number of aryl methyl sites for hydroxylation is 1. The van der Waals surface area contributed by atoms with Gasteiger partial charge in [0.15, 0.2) is 5.17 Å². The highest BCUT2D eigenvalue weighted by Crippen LogP contribution is 2.51. The maximum atomic E-state index is 10.8. The van der Waals surface area contributed by atoms with Crippen molar-refractivity contribution < 1.29 is 5.11 Å². The van der Waals surface area contributed by atoms with Crippen LogP contribution >= 0.6 is 27.7 Å². The van der Waals surface area contributed by atoms with Crippen LogP contribution in [0.5, 0.6) is 5.75 Å². The van der Waals surface area contributed by atoms with E-state index in [4.69, 9.17) is 4.99 Å². The predicted octanol–water partition coefficient (Wildman–Crippen LogP) is 4.84. The smallest absolute Gasteiger partial charge is 0.160 e. The van der Waals surface area contributed by atoms with E-state index < -0.39 is 0 Å². The number of fused-ring (bicyclic) bond motifs is 1. The molecule has 3 heterocycles. The van der Waals surface area contributed by atoms with Crippen molar-refractivity contribution in [3.05, 3.63) is 57.8 Å². The van der Waals surface area contributed by atoms with E-state index >= 15 is 0 Å². The van der Waals surface area contributed by atoms with Crippen LogP contribution in [0.3, 0.4) is 0 Å². The molecule has 0 spiro atoms. The Morgan fingerprint density at radius 2 is 2.20 bits per heavy atom. The molecule has 1 aromatic heterocycles. The average Bonchev–Trinajstić information content (AvgIpc) is 3.17. The summed E-state index contributed by atoms with van der Waals surface area (Å²) in [6.45, 7) is 4.27. The number of hydrogen-bond donors (Lipinski definition) is 1. The van der Waals surface area contributed by atoms with Crippen LogP contribution < -0.4 is 0 Å². The molecule has 1 N–H and O–H groups in total. The normalized spacial score (nSPS) is 25.2. The number of nitrogens with zero attached hydrogens (tertiary/aromatic N) is 3. The first-order valence-electron chi connectivity index (χ1n) is 8.49. The van der Waals surface area contributed by atoms with Gasteiger partial charge >= 0.3 is 0 Å². The summed E-state index contributed by atoms with van der Waals surface area (Å²) in [7, 11) is 0. The molecule has 2 aliphatic heterocycles. The fraction of sp³-hybridized carbons (Fsp3) is 0.368. The zero-order chi connectivity index (χ0) is 17.6. The number of rotatable bonds is 3. The number of amidine groups is 1. The van der Waals surface area contributed by atoms with Crippen LogP contribution in [-0.4, -0.2) is 32.0 Å². The molecule has 0 bridgehead atoms. The van der Waals surface area contributed by atoms with Gasteiger partial charge in [-0.3, -0.25) is 9.98 Å². The number of halogens is 1. The molecule has 130 valence electrons. The molecule has 0 radical (unpaired) electrons. The van der Waals surface area contributed by atoms with Crippen molar-refractivity contribution in [2.45, 2.75) is 38.4 Å². The lowest BCUT2D eigenvalue weighted by molar-refractivity contribution is 0.250. The van der Waals surface area contributed by atoms with Crippen LogP contribution in [0.15, 0.2) is 46.0 Å². The molecule has 0 aliphatic carbocycles. The summed E-state index contributed by atoms with van der Waals surface area (Å²) in [6, 6.07) is 10.3. The van der Waals surface area contributed by atoms with Gasteiger partial charge in [0, 0.05) is 23.6 Å². The number of aromatic hydroxyl groups is 1. The zero-order valence-electron chi connectivity index (χ0n) is 14.2. The largest absolute Gasteiger partial charge is 0.506 e. The Kier molecular flexibility index (Phi) is 4.50. The molecule has 0 saturated carbocycles. The molecule has 2 aromatic rings. The van der Waals surface area contributed by atoms with Gasteiger partial charge in [0.1, 0.15) is 11.8 Å². The van der Waals surface area contributed by atoms with Crippen molar-refractivity contribution in [2.24, 2.45) is 4.99 Å². The number of pyridine rings is 1. The molecule has 0 unspecified atom stereocenters. The van der Waals surface area contributed by atoms with Gasteiger partial charge in [-0.2, -0.15) is 0 Å². The first-order chi connectivity index (χ1) is 12.1. The maximum Gasteiger partial charge on any atom is 0.160 e. The van der Waals surface area contributed by atoms with Crippen molar-refractivity contribution in [2.75, 3.05) is 5.75 Å². The number of aromatic nitrogens is 1. The number of phenolic OH excluding ortho intramolecular Hbond substituents is 1. The van der Waals surface area contributed by atoms with Gasteiger partial charge in [-0.1, -0.05) is 30.8 Å². The summed E-state index contributed by atoms with van der Waals surface area (Å²) in [5.41, 5.74) is 2.98. The Morgan fingerprint density at radius 3 is 2.92 bits per heavy atom. The van der Waals surface area contributed by atoms with E-state index in [9.17, 15) is 5.11 Å². The van der Waals surface area contributed by atoms with E-state index in [2.05, 4.69) is 45.7 Å². The van der Waals surface area contributed by atoms with Gasteiger partial charge in [-0.15, -0.1) is 0 Å². The molecule has 25 heavy (non-hydrogen) atoms. The fourth-order valence-corrected chi connectivity index (χ4v) is 5.60. The molecule has 2 aliphatic rings. The summed E-state index contributed by atoms with van der Waals surface area (Å²) in [5, 5.41) is 11.8. The highest BCUT2D eigenvalue weighted by atomic mass is 79.9. The van der Waals surface area contributed by atoms with Crippen LogP contribution in [0.2, 0.25) is 0 Å². The van der Waals surface area contributed by atoms with Gasteiger partial charge in [-0.05, 0) is 53.0 Å². The van der Waals surface area contributed by atoms with Gasteiger partial charge in [0.05, 0.1) is 16.2 Å². The molecule has 1 fully saturated rings.